The first-order valence-electron chi connectivity index (χ1n) is 15.8. The Hall–Kier alpha value is -5.20. The van der Waals surface area contributed by atoms with E-state index in [-0.39, 0.29) is 34.4 Å². The van der Waals surface area contributed by atoms with Gasteiger partial charge in [-0.15, -0.1) is 5.01 Å². The summed E-state index contributed by atoms with van der Waals surface area (Å²) in [5.74, 6) is -2.76. The summed E-state index contributed by atoms with van der Waals surface area (Å²) in [5, 5.41) is 20.8. The molecular formula is C32H37F3N6O9S. The second-order valence-electron chi connectivity index (χ2n) is 12.0. The Morgan fingerprint density at radius 3 is 2.37 bits per heavy atom. The Morgan fingerprint density at radius 2 is 1.75 bits per heavy atom. The smallest absolute Gasteiger partial charge is 0.435 e. The fraction of sp³-hybridized carbons (Fsp3) is 0.438. The van der Waals surface area contributed by atoms with Gasteiger partial charge in [-0.05, 0) is 50.1 Å². The SMILES string of the molecule is Cc1ccc(-c2cc(C(F)(F)F)nn2-c2ccc(S(=O)(=O)NC(=O)CCC(=O)OC[C@@H]3CCCN3[N+]([O-])=NOC(C)OC(=O)C(C)C)cc2)cc1. The van der Waals surface area contributed by atoms with Gasteiger partial charge < -0.3 is 14.7 Å². The molecule has 1 saturated heterocycles. The molecule has 51 heavy (non-hydrogen) atoms. The van der Waals surface area contributed by atoms with Crippen molar-refractivity contribution in [3.05, 3.63) is 71.1 Å². The van der Waals surface area contributed by atoms with E-state index < -0.39 is 70.8 Å². The van der Waals surface area contributed by atoms with Crippen LogP contribution in [0.25, 0.3) is 16.9 Å². The molecule has 1 N–H and O–H groups in total. The number of nitrogens with one attached hydrogen (secondary N) is 1. The molecule has 2 atom stereocenters. The lowest BCUT2D eigenvalue weighted by molar-refractivity contribution is -0.716. The predicted octanol–water partition coefficient (Wildman–Crippen LogP) is 4.81. The highest BCUT2D eigenvalue weighted by Gasteiger charge is 2.36. The topological polar surface area (TPSA) is 185 Å². The molecule has 0 aliphatic carbocycles. The molecule has 0 bridgehead atoms. The van der Waals surface area contributed by atoms with Gasteiger partial charge in [0.25, 0.3) is 16.3 Å². The molecule has 1 unspecified atom stereocenters. The monoisotopic (exact) mass is 738 g/mol. The fourth-order valence-corrected chi connectivity index (χ4v) is 5.85. The van der Waals surface area contributed by atoms with Gasteiger partial charge in [-0.2, -0.15) is 18.3 Å². The standard InChI is InChI=1S/C32H37F3N6O9S/c1-20(2)31(44)49-22(4)50-38-41(45)39-17-5-6-25(39)19-48-30(43)16-15-29(42)37-51(46,47)26-13-11-24(12-14-26)40-27(18-28(36-40)32(33,34)35)23-9-7-21(3)8-10-23/h7-14,18,20,22,25H,5-6,15-17,19H2,1-4H3,(H,37,42)/t22?,25-/m0/s1. The summed E-state index contributed by atoms with van der Waals surface area (Å²) in [6.45, 7) is 6.55. The van der Waals surface area contributed by atoms with Crippen molar-refractivity contribution in [1.29, 1.82) is 0 Å². The molecule has 1 aliphatic rings. The molecule has 276 valence electrons. The van der Waals surface area contributed by atoms with Crippen LogP contribution in [-0.2, 0) is 44.9 Å². The van der Waals surface area contributed by atoms with Gasteiger partial charge >= 0.3 is 18.1 Å². The molecule has 0 spiro atoms. The zero-order valence-corrected chi connectivity index (χ0v) is 28.9. The van der Waals surface area contributed by atoms with Crippen LogP contribution in [0.4, 0.5) is 13.2 Å². The summed E-state index contributed by atoms with van der Waals surface area (Å²) in [4.78, 5) is 41.2. The number of sulfonamides is 1. The van der Waals surface area contributed by atoms with E-state index in [0.29, 0.717) is 18.4 Å². The summed E-state index contributed by atoms with van der Waals surface area (Å²) in [7, 11) is -4.41. The van der Waals surface area contributed by atoms with Crippen LogP contribution in [0.2, 0.25) is 0 Å². The van der Waals surface area contributed by atoms with E-state index in [4.69, 9.17) is 14.3 Å². The predicted molar refractivity (Wildman–Crippen MR) is 172 cm³/mol. The molecule has 1 aromatic heterocycles. The van der Waals surface area contributed by atoms with E-state index in [0.717, 1.165) is 28.4 Å². The minimum absolute atomic E-state index is 0.129. The van der Waals surface area contributed by atoms with Crippen LogP contribution >= 0.6 is 0 Å². The first-order chi connectivity index (χ1) is 23.9. The number of aryl methyl sites for hydroxylation is 1. The van der Waals surface area contributed by atoms with Crippen LogP contribution in [0.3, 0.4) is 0 Å². The second kappa shape index (κ2) is 16.2. The van der Waals surface area contributed by atoms with Gasteiger partial charge in [0.05, 0.1) is 40.1 Å². The number of nitrogens with zero attached hydrogens (tertiary/aromatic N) is 5. The van der Waals surface area contributed by atoms with Crippen molar-refractivity contribution in [2.45, 2.75) is 76.8 Å². The summed E-state index contributed by atoms with van der Waals surface area (Å²) in [6.07, 6.45) is -5.78. The summed E-state index contributed by atoms with van der Waals surface area (Å²) >= 11 is 0. The average Bonchev–Trinajstić information content (AvgIpc) is 3.74. The van der Waals surface area contributed by atoms with E-state index >= 15 is 0 Å². The Bertz CT molecular complexity index is 1850. The number of rotatable bonds is 14. The maximum atomic E-state index is 13.5. The highest BCUT2D eigenvalue weighted by molar-refractivity contribution is 7.90. The minimum Gasteiger partial charge on any atom is -0.569 e. The van der Waals surface area contributed by atoms with Crippen LogP contribution in [0.5, 0.6) is 0 Å². The zero-order valence-electron chi connectivity index (χ0n) is 28.1. The van der Waals surface area contributed by atoms with Crippen molar-refractivity contribution in [3.8, 4) is 16.9 Å². The largest absolute Gasteiger partial charge is 0.569 e. The molecule has 1 fully saturated rings. The molecule has 0 saturated carbocycles. The minimum atomic E-state index is -4.72. The third-order valence-corrected chi connectivity index (χ3v) is 8.95. The molecule has 2 aromatic carbocycles. The van der Waals surface area contributed by atoms with Crippen LogP contribution in [-0.4, -0.2) is 71.5 Å². The third kappa shape index (κ3) is 10.4. The van der Waals surface area contributed by atoms with Gasteiger partial charge in [-0.1, -0.05) is 43.7 Å². The molecular weight excluding hydrogens is 701 g/mol. The van der Waals surface area contributed by atoms with E-state index in [2.05, 4.69) is 10.4 Å². The number of hydrazine groups is 1. The van der Waals surface area contributed by atoms with Crippen molar-refractivity contribution < 1.29 is 55.3 Å². The number of hydrogen-bond donors (Lipinski definition) is 1. The van der Waals surface area contributed by atoms with Crippen LogP contribution < -0.4 is 4.72 Å². The highest BCUT2D eigenvalue weighted by atomic mass is 32.2. The first kappa shape index (κ1) is 38.6. The van der Waals surface area contributed by atoms with Gasteiger partial charge in [0.15, 0.2) is 5.69 Å². The number of alkyl halides is 3. The Morgan fingerprint density at radius 1 is 1.08 bits per heavy atom. The summed E-state index contributed by atoms with van der Waals surface area (Å²) in [6, 6.07) is 11.8. The number of amides is 1. The van der Waals surface area contributed by atoms with E-state index in [1.807, 2.05) is 11.6 Å². The van der Waals surface area contributed by atoms with Crippen molar-refractivity contribution in [3.63, 3.8) is 0 Å². The number of aromatic nitrogens is 2. The number of carbonyl (C=O) groups excluding carboxylic acids is 3. The highest BCUT2D eigenvalue weighted by Crippen LogP contribution is 2.33. The molecule has 4 rings (SSSR count). The molecule has 19 heteroatoms. The zero-order chi connectivity index (χ0) is 37.5. The quantitative estimate of drug-likeness (QED) is 0.0787. The number of carbonyl (C=O) groups is 3. The van der Waals surface area contributed by atoms with Crippen LogP contribution in [0.1, 0.15) is 57.7 Å². The summed E-state index contributed by atoms with van der Waals surface area (Å²) in [5.41, 5.74) is 0.488. The van der Waals surface area contributed by atoms with E-state index in [9.17, 15) is 41.2 Å². The van der Waals surface area contributed by atoms with Crippen LogP contribution in [0.15, 0.2) is 64.8 Å². The van der Waals surface area contributed by atoms with Crippen LogP contribution in [0, 0.1) is 18.0 Å². The molecule has 15 nitrogen and oxygen atoms in total. The number of halogens is 3. The Balaban J connectivity index is 1.30. The maximum absolute atomic E-state index is 13.5. The van der Waals surface area contributed by atoms with Gasteiger partial charge in [0.2, 0.25) is 11.2 Å². The maximum Gasteiger partial charge on any atom is 0.435 e. The van der Waals surface area contributed by atoms with Crippen molar-refractivity contribution in [2.24, 2.45) is 11.2 Å². The average molecular weight is 739 g/mol. The van der Waals surface area contributed by atoms with E-state index in [1.54, 1.807) is 38.1 Å². The van der Waals surface area contributed by atoms with Crippen molar-refractivity contribution in [2.75, 3.05) is 13.2 Å². The lowest BCUT2D eigenvalue weighted by Crippen LogP contribution is -2.39. The third-order valence-electron chi connectivity index (χ3n) is 7.56. The van der Waals surface area contributed by atoms with Gasteiger partial charge in [0, 0.05) is 18.9 Å². The molecule has 2 heterocycles. The second-order valence-corrected chi connectivity index (χ2v) is 13.6. The molecule has 1 amide bonds. The Kier molecular flexibility index (Phi) is 12.3. The summed E-state index contributed by atoms with van der Waals surface area (Å²) < 4.78 is 79.4. The Labute approximate surface area is 291 Å². The lowest BCUT2D eigenvalue weighted by Gasteiger charge is -2.20. The number of esters is 2. The van der Waals surface area contributed by atoms with E-state index in [1.165, 1.54) is 24.1 Å². The first-order valence-corrected chi connectivity index (χ1v) is 17.3. The van der Waals surface area contributed by atoms with Gasteiger partial charge in [-0.25, -0.2) is 17.8 Å². The number of ether oxygens (including phenoxy) is 2. The molecule has 1 aliphatic heterocycles. The van der Waals surface area contributed by atoms with Gasteiger partial charge in [0.1, 0.15) is 12.6 Å². The van der Waals surface area contributed by atoms with Crippen molar-refractivity contribution in [1.82, 2.24) is 19.5 Å². The number of benzene rings is 2. The van der Waals surface area contributed by atoms with Gasteiger partial charge in [-0.3, -0.25) is 19.2 Å². The molecule has 0 radical (unpaired) electrons. The molecule has 3 aromatic rings. The number of hydrogen-bond acceptors (Lipinski definition) is 11. The fourth-order valence-electron chi connectivity index (χ4n) is 4.84. The lowest BCUT2D eigenvalue weighted by atomic mass is 10.1. The van der Waals surface area contributed by atoms with Crippen molar-refractivity contribution >= 4 is 27.9 Å². The normalized spacial score (nSPS) is 15.8.